The Morgan fingerprint density at radius 3 is 2.53 bits per heavy atom. The average molecular weight is 344 g/mol. The van der Waals surface area contributed by atoms with Crippen molar-refractivity contribution < 1.29 is 12.8 Å². The zero-order valence-corrected chi connectivity index (χ0v) is 12.2. The smallest absolute Gasteiger partial charge is 0.182 e. The van der Waals surface area contributed by atoms with Crippen LogP contribution in [0.4, 0.5) is 10.1 Å². The molecule has 0 heterocycles. The van der Waals surface area contributed by atoms with Crippen LogP contribution in [0.2, 0.25) is 0 Å². The molecule has 0 atom stereocenters. The summed E-state index contributed by atoms with van der Waals surface area (Å²) in [6, 6.07) is 9.90. The van der Waals surface area contributed by atoms with E-state index in [-0.39, 0.29) is 10.6 Å². The number of nitrogen functional groups attached to an aromatic ring is 1. The Hall–Kier alpha value is -1.40. The molecule has 0 unspecified atom stereocenters. The van der Waals surface area contributed by atoms with Crippen molar-refractivity contribution in [3.05, 3.63) is 58.3 Å². The number of hydrogen-bond acceptors (Lipinski definition) is 3. The van der Waals surface area contributed by atoms with Crippen molar-refractivity contribution in [3.63, 3.8) is 0 Å². The highest BCUT2D eigenvalue weighted by Gasteiger charge is 2.16. The number of anilines is 1. The van der Waals surface area contributed by atoms with E-state index >= 15 is 0 Å². The molecule has 0 bridgehead atoms. The molecular weight excluding hydrogens is 333 g/mol. The first-order valence-electron chi connectivity index (χ1n) is 5.40. The molecule has 0 spiro atoms. The van der Waals surface area contributed by atoms with Gasteiger partial charge in [-0.15, -0.1) is 0 Å². The zero-order chi connectivity index (χ0) is 14.0. The summed E-state index contributed by atoms with van der Waals surface area (Å²) in [7, 11) is -3.59. The molecule has 3 nitrogen and oxygen atoms in total. The predicted octanol–water partition coefficient (Wildman–Crippen LogP) is 3.14. The summed E-state index contributed by atoms with van der Waals surface area (Å²) in [6.07, 6.45) is 0. The Morgan fingerprint density at radius 1 is 1.16 bits per heavy atom. The lowest BCUT2D eigenvalue weighted by atomic mass is 10.2. The van der Waals surface area contributed by atoms with Crippen LogP contribution < -0.4 is 5.73 Å². The van der Waals surface area contributed by atoms with E-state index in [0.29, 0.717) is 15.7 Å². The lowest BCUT2D eigenvalue weighted by Crippen LogP contribution is -2.05. The SMILES string of the molecule is Nc1cc(Br)cc(CS(=O)(=O)c2cccc(F)c2)c1. The molecule has 0 aliphatic rings. The summed E-state index contributed by atoms with van der Waals surface area (Å²) in [5, 5.41) is 0. The Balaban J connectivity index is 2.36. The first-order valence-corrected chi connectivity index (χ1v) is 7.85. The van der Waals surface area contributed by atoms with Gasteiger partial charge < -0.3 is 5.73 Å². The van der Waals surface area contributed by atoms with Crippen LogP contribution in [0.3, 0.4) is 0 Å². The lowest BCUT2D eigenvalue weighted by Gasteiger charge is -2.06. The van der Waals surface area contributed by atoms with E-state index in [4.69, 9.17) is 5.73 Å². The van der Waals surface area contributed by atoms with Gasteiger partial charge in [-0.3, -0.25) is 0 Å². The summed E-state index contributed by atoms with van der Waals surface area (Å²) in [5.74, 6) is -0.796. The summed E-state index contributed by atoms with van der Waals surface area (Å²) in [4.78, 5) is -0.0361. The number of nitrogens with two attached hydrogens (primary N) is 1. The number of rotatable bonds is 3. The van der Waals surface area contributed by atoms with E-state index in [0.717, 1.165) is 6.07 Å². The van der Waals surface area contributed by atoms with Gasteiger partial charge in [0, 0.05) is 10.2 Å². The summed E-state index contributed by atoms with van der Waals surface area (Å²) >= 11 is 3.25. The molecule has 6 heteroatoms. The third kappa shape index (κ3) is 3.54. The van der Waals surface area contributed by atoms with E-state index in [1.807, 2.05) is 0 Å². The molecule has 19 heavy (non-hydrogen) atoms. The maximum atomic E-state index is 13.1. The van der Waals surface area contributed by atoms with Crippen LogP contribution in [0.1, 0.15) is 5.56 Å². The number of hydrogen-bond donors (Lipinski definition) is 1. The molecule has 0 fully saturated rings. The Labute approximate surface area is 119 Å². The van der Waals surface area contributed by atoms with Gasteiger partial charge in [-0.2, -0.15) is 0 Å². The second-order valence-electron chi connectivity index (χ2n) is 4.11. The highest BCUT2D eigenvalue weighted by molar-refractivity contribution is 9.10. The van der Waals surface area contributed by atoms with Crippen molar-refractivity contribution >= 4 is 31.5 Å². The van der Waals surface area contributed by atoms with Crippen molar-refractivity contribution in [1.82, 2.24) is 0 Å². The second kappa shape index (κ2) is 5.30. The van der Waals surface area contributed by atoms with Crippen LogP contribution in [0.15, 0.2) is 51.8 Å². The molecule has 0 radical (unpaired) electrons. The fourth-order valence-corrected chi connectivity index (χ4v) is 3.63. The minimum atomic E-state index is -3.59. The molecule has 0 saturated carbocycles. The Morgan fingerprint density at radius 2 is 1.89 bits per heavy atom. The van der Waals surface area contributed by atoms with Crippen LogP contribution in [-0.4, -0.2) is 8.42 Å². The Bertz CT molecular complexity index is 696. The van der Waals surface area contributed by atoms with Gasteiger partial charge in [0.05, 0.1) is 10.6 Å². The van der Waals surface area contributed by atoms with Crippen LogP contribution >= 0.6 is 15.9 Å². The fraction of sp³-hybridized carbons (Fsp3) is 0.0769. The average Bonchev–Trinajstić information content (AvgIpc) is 2.26. The quantitative estimate of drug-likeness (QED) is 0.871. The molecule has 2 aromatic rings. The van der Waals surface area contributed by atoms with Crippen LogP contribution in [0.5, 0.6) is 0 Å². The van der Waals surface area contributed by atoms with Gasteiger partial charge >= 0.3 is 0 Å². The van der Waals surface area contributed by atoms with Gasteiger partial charge in [0.25, 0.3) is 0 Å². The summed E-state index contributed by atoms with van der Waals surface area (Å²) in [6.45, 7) is 0. The highest BCUT2D eigenvalue weighted by Crippen LogP contribution is 2.22. The first-order chi connectivity index (χ1) is 8.87. The third-order valence-corrected chi connectivity index (χ3v) is 4.64. The second-order valence-corrected chi connectivity index (χ2v) is 7.01. The topological polar surface area (TPSA) is 60.2 Å². The molecular formula is C13H11BrFNO2S. The first kappa shape index (κ1) is 14.0. The normalized spacial score (nSPS) is 11.5. The fourth-order valence-electron chi connectivity index (χ4n) is 1.72. The van der Waals surface area contributed by atoms with Crippen LogP contribution in [0, 0.1) is 5.82 Å². The van der Waals surface area contributed by atoms with Crippen molar-refractivity contribution in [2.75, 3.05) is 5.73 Å². The third-order valence-electron chi connectivity index (χ3n) is 2.49. The minimum absolute atomic E-state index is 0.0361. The predicted molar refractivity (Wildman–Crippen MR) is 75.8 cm³/mol. The molecule has 0 amide bonds. The zero-order valence-electron chi connectivity index (χ0n) is 9.81. The molecule has 100 valence electrons. The van der Waals surface area contributed by atoms with Gasteiger partial charge in [-0.05, 0) is 42.0 Å². The molecule has 2 aromatic carbocycles. The molecule has 2 rings (SSSR count). The van der Waals surface area contributed by atoms with Crippen molar-refractivity contribution in [3.8, 4) is 0 Å². The number of sulfone groups is 1. The Kier molecular flexibility index (Phi) is 3.91. The molecule has 0 aliphatic carbocycles. The molecule has 2 N–H and O–H groups in total. The summed E-state index contributed by atoms with van der Waals surface area (Å²) in [5.41, 5.74) is 6.68. The van der Waals surface area contributed by atoms with E-state index in [2.05, 4.69) is 15.9 Å². The van der Waals surface area contributed by atoms with E-state index in [1.165, 1.54) is 18.2 Å². The minimum Gasteiger partial charge on any atom is -0.399 e. The van der Waals surface area contributed by atoms with Crippen molar-refractivity contribution in [2.24, 2.45) is 0 Å². The summed E-state index contributed by atoms with van der Waals surface area (Å²) < 4.78 is 38.1. The number of halogens is 2. The molecule has 0 aliphatic heterocycles. The van der Waals surface area contributed by atoms with Gasteiger partial charge in [-0.25, -0.2) is 12.8 Å². The van der Waals surface area contributed by atoms with Gasteiger partial charge in [0.15, 0.2) is 9.84 Å². The number of benzene rings is 2. The highest BCUT2D eigenvalue weighted by atomic mass is 79.9. The van der Waals surface area contributed by atoms with E-state index in [9.17, 15) is 12.8 Å². The molecule has 0 aromatic heterocycles. The maximum absolute atomic E-state index is 13.1. The van der Waals surface area contributed by atoms with Crippen LogP contribution in [-0.2, 0) is 15.6 Å². The van der Waals surface area contributed by atoms with Crippen molar-refractivity contribution in [2.45, 2.75) is 10.6 Å². The van der Waals surface area contributed by atoms with Gasteiger partial charge in [-0.1, -0.05) is 22.0 Å². The van der Waals surface area contributed by atoms with Gasteiger partial charge in [0.1, 0.15) is 5.82 Å². The van der Waals surface area contributed by atoms with E-state index < -0.39 is 15.7 Å². The monoisotopic (exact) mass is 343 g/mol. The van der Waals surface area contributed by atoms with Crippen LogP contribution in [0.25, 0.3) is 0 Å². The molecule has 0 saturated heterocycles. The van der Waals surface area contributed by atoms with Crippen molar-refractivity contribution in [1.29, 1.82) is 0 Å². The maximum Gasteiger partial charge on any atom is 0.182 e. The lowest BCUT2D eigenvalue weighted by molar-refractivity contribution is 0.590. The van der Waals surface area contributed by atoms with Gasteiger partial charge in [0.2, 0.25) is 0 Å². The van der Waals surface area contributed by atoms with E-state index in [1.54, 1.807) is 18.2 Å². The largest absolute Gasteiger partial charge is 0.399 e. The standard InChI is InChI=1S/C13H11BrFNO2S/c14-10-4-9(5-12(16)6-10)8-19(17,18)13-3-1-2-11(15)7-13/h1-7H,8,16H2.